The van der Waals surface area contributed by atoms with Gasteiger partial charge in [-0.3, -0.25) is 4.79 Å². The van der Waals surface area contributed by atoms with Gasteiger partial charge in [-0.2, -0.15) is 0 Å². The second-order valence-corrected chi connectivity index (χ2v) is 5.78. The van der Waals surface area contributed by atoms with E-state index in [0.29, 0.717) is 30.9 Å². The Hall–Kier alpha value is -1.39. The molecule has 2 aliphatic rings. The Bertz CT molecular complexity index is 534. The number of aromatic nitrogens is 1. The molecule has 0 aromatic carbocycles. The van der Waals surface area contributed by atoms with Gasteiger partial charge in [0.15, 0.2) is 0 Å². The number of nitrogens with zero attached hydrogens (tertiary/aromatic N) is 2. The van der Waals surface area contributed by atoms with Crippen LogP contribution in [0.15, 0.2) is 6.07 Å². The second-order valence-electron chi connectivity index (χ2n) is 5.78. The van der Waals surface area contributed by atoms with E-state index in [0.717, 1.165) is 5.56 Å². The lowest BCUT2D eigenvalue weighted by atomic mass is 9.94. The molecule has 1 amide bonds. The van der Waals surface area contributed by atoms with Crippen LogP contribution in [0.3, 0.4) is 0 Å². The van der Waals surface area contributed by atoms with Gasteiger partial charge < -0.3 is 9.47 Å². The van der Waals surface area contributed by atoms with Crippen molar-refractivity contribution in [3.05, 3.63) is 23.0 Å². The fourth-order valence-electron chi connectivity index (χ4n) is 3.10. The summed E-state index contributed by atoms with van der Waals surface area (Å²) in [4.78, 5) is 14.2. The average Bonchev–Trinajstić information content (AvgIpc) is 2.67. The molecule has 3 nitrogen and oxygen atoms in total. The third-order valence-corrected chi connectivity index (χ3v) is 4.15. The highest BCUT2D eigenvalue weighted by Gasteiger charge is 2.39. The van der Waals surface area contributed by atoms with E-state index in [4.69, 9.17) is 0 Å². The number of carbonyl (C=O) groups is 1. The molecule has 1 aliphatic heterocycles. The van der Waals surface area contributed by atoms with E-state index in [1.807, 2.05) is 24.5 Å². The third-order valence-electron chi connectivity index (χ3n) is 4.15. The lowest BCUT2D eigenvalue weighted by Crippen LogP contribution is -2.44. The van der Waals surface area contributed by atoms with E-state index in [1.54, 1.807) is 4.90 Å². The van der Waals surface area contributed by atoms with Gasteiger partial charge in [0, 0.05) is 31.2 Å². The minimum atomic E-state index is -2.62. The molecule has 0 bridgehead atoms. The van der Waals surface area contributed by atoms with Gasteiger partial charge in [-0.25, -0.2) is 8.78 Å². The van der Waals surface area contributed by atoms with Crippen LogP contribution < -0.4 is 0 Å². The molecule has 0 unspecified atom stereocenters. The maximum atomic E-state index is 13.5. The van der Waals surface area contributed by atoms with Gasteiger partial charge in [0.1, 0.15) is 5.69 Å². The van der Waals surface area contributed by atoms with E-state index < -0.39 is 5.92 Å². The van der Waals surface area contributed by atoms with Gasteiger partial charge >= 0.3 is 0 Å². The Labute approximate surface area is 111 Å². The SMILES string of the molecule is CC(C)N1CCn2c(cc3c2CC(F)(F)CC3)C1=O. The Morgan fingerprint density at radius 1 is 1.32 bits per heavy atom. The standard InChI is InChI=1S/C14H18F2N2O/c1-9(2)17-5-6-18-11(13(17)19)7-10-3-4-14(15,16)8-12(10)18/h7,9H,3-6,8H2,1-2H3. The number of rotatable bonds is 1. The molecular weight excluding hydrogens is 250 g/mol. The molecule has 0 spiro atoms. The molecule has 104 valence electrons. The Morgan fingerprint density at radius 2 is 2.05 bits per heavy atom. The summed E-state index contributed by atoms with van der Waals surface area (Å²) in [5.74, 6) is -2.65. The quantitative estimate of drug-likeness (QED) is 0.768. The molecule has 0 saturated heterocycles. The summed E-state index contributed by atoms with van der Waals surface area (Å²) in [7, 11) is 0. The molecule has 0 N–H and O–H groups in total. The minimum Gasteiger partial charge on any atom is -0.338 e. The lowest BCUT2D eigenvalue weighted by molar-refractivity contribution is -0.0144. The molecule has 1 aromatic rings. The van der Waals surface area contributed by atoms with Gasteiger partial charge in [0.2, 0.25) is 0 Å². The topological polar surface area (TPSA) is 25.2 Å². The van der Waals surface area contributed by atoms with Crippen molar-refractivity contribution in [2.75, 3.05) is 6.54 Å². The molecular formula is C14H18F2N2O. The van der Waals surface area contributed by atoms with E-state index in [2.05, 4.69) is 0 Å². The lowest BCUT2D eigenvalue weighted by Gasteiger charge is -2.33. The first kappa shape index (κ1) is 12.6. The molecule has 0 radical (unpaired) electrons. The molecule has 1 aromatic heterocycles. The Kier molecular flexibility index (Phi) is 2.69. The summed E-state index contributed by atoms with van der Waals surface area (Å²) in [5, 5.41) is 0. The first-order valence-corrected chi connectivity index (χ1v) is 6.79. The van der Waals surface area contributed by atoms with Crippen molar-refractivity contribution in [2.45, 2.75) is 51.6 Å². The molecule has 1 aliphatic carbocycles. The zero-order valence-corrected chi connectivity index (χ0v) is 11.2. The van der Waals surface area contributed by atoms with E-state index >= 15 is 0 Å². The summed E-state index contributed by atoms with van der Waals surface area (Å²) in [6, 6.07) is 1.97. The van der Waals surface area contributed by atoms with Crippen LogP contribution in [0.2, 0.25) is 0 Å². The van der Waals surface area contributed by atoms with Crippen LogP contribution in [0.4, 0.5) is 8.78 Å². The van der Waals surface area contributed by atoms with Crippen LogP contribution in [0.5, 0.6) is 0 Å². The minimum absolute atomic E-state index is 0.0287. The van der Waals surface area contributed by atoms with Crippen molar-refractivity contribution < 1.29 is 13.6 Å². The first-order chi connectivity index (χ1) is 8.89. The summed E-state index contributed by atoms with van der Waals surface area (Å²) in [6.07, 6.45) is 0.0418. The van der Waals surface area contributed by atoms with Crippen LogP contribution in [0.1, 0.15) is 42.0 Å². The molecule has 3 rings (SSSR count). The first-order valence-electron chi connectivity index (χ1n) is 6.79. The molecule has 19 heavy (non-hydrogen) atoms. The van der Waals surface area contributed by atoms with Crippen molar-refractivity contribution >= 4 is 5.91 Å². The summed E-state index contributed by atoms with van der Waals surface area (Å²) >= 11 is 0. The maximum Gasteiger partial charge on any atom is 0.270 e. The number of halogens is 2. The van der Waals surface area contributed by atoms with Crippen LogP contribution in [-0.4, -0.2) is 33.9 Å². The number of hydrogen-bond acceptors (Lipinski definition) is 1. The Balaban J connectivity index is 2.01. The molecule has 2 heterocycles. The zero-order chi connectivity index (χ0) is 13.8. The number of carbonyl (C=O) groups excluding carboxylic acids is 1. The average molecular weight is 268 g/mol. The fraction of sp³-hybridized carbons (Fsp3) is 0.643. The van der Waals surface area contributed by atoms with Crippen molar-refractivity contribution in [3.63, 3.8) is 0 Å². The van der Waals surface area contributed by atoms with Crippen LogP contribution in [0.25, 0.3) is 0 Å². The Morgan fingerprint density at radius 3 is 2.74 bits per heavy atom. The van der Waals surface area contributed by atoms with Crippen molar-refractivity contribution in [3.8, 4) is 0 Å². The third kappa shape index (κ3) is 1.95. The van der Waals surface area contributed by atoms with Crippen molar-refractivity contribution in [1.82, 2.24) is 9.47 Å². The number of alkyl halides is 2. The van der Waals surface area contributed by atoms with Gasteiger partial charge in [0.25, 0.3) is 11.8 Å². The van der Waals surface area contributed by atoms with Crippen LogP contribution in [0, 0.1) is 0 Å². The van der Waals surface area contributed by atoms with Crippen LogP contribution in [-0.2, 0) is 19.4 Å². The summed E-state index contributed by atoms with van der Waals surface area (Å²) in [6.45, 7) is 5.19. The molecule has 0 atom stereocenters. The normalized spacial score (nSPS) is 21.5. The number of fused-ring (bicyclic) bond motifs is 3. The predicted octanol–water partition coefficient (Wildman–Crippen LogP) is 2.48. The fourth-order valence-corrected chi connectivity index (χ4v) is 3.10. The molecule has 0 fully saturated rings. The maximum absolute atomic E-state index is 13.5. The highest BCUT2D eigenvalue weighted by Crippen LogP contribution is 2.36. The van der Waals surface area contributed by atoms with E-state index in [9.17, 15) is 13.6 Å². The summed E-state index contributed by atoms with van der Waals surface area (Å²) < 4.78 is 28.9. The van der Waals surface area contributed by atoms with Gasteiger partial charge in [-0.05, 0) is 31.9 Å². The highest BCUT2D eigenvalue weighted by molar-refractivity contribution is 5.94. The number of amides is 1. The van der Waals surface area contributed by atoms with Crippen molar-refractivity contribution in [2.24, 2.45) is 0 Å². The smallest absolute Gasteiger partial charge is 0.270 e. The zero-order valence-electron chi connectivity index (χ0n) is 11.2. The second kappa shape index (κ2) is 4.05. The van der Waals surface area contributed by atoms with Gasteiger partial charge in [-0.15, -0.1) is 0 Å². The van der Waals surface area contributed by atoms with Crippen molar-refractivity contribution in [1.29, 1.82) is 0 Å². The summed E-state index contributed by atoms with van der Waals surface area (Å²) in [5.41, 5.74) is 2.19. The van der Waals surface area contributed by atoms with Gasteiger partial charge in [0.05, 0.1) is 6.42 Å². The largest absolute Gasteiger partial charge is 0.338 e. The molecule has 5 heteroatoms. The van der Waals surface area contributed by atoms with E-state index in [-0.39, 0.29) is 24.8 Å². The highest BCUT2D eigenvalue weighted by atomic mass is 19.3. The predicted molar refractivity (Wildman–Crippen MR) is 67.6 cm³/mol. The van der Waals surface area contributed by atoms with Crippen LogP contribution >= 0.6 is 0 Å². The number of hydrogen-bond donors (Lipinski definition) is 0. The monoisotopic (exact) mass is 268 g/mol. The van der Waals surface area contributed by atoms with Gasteiger partial charge in [-0.1, -0.05) is 0 Å². The molecule has 0 saturated carbocycles. The van der Waals surface area contributed by atoms with E-state index in [1.165, 1.54) is 0 Å². The number of aryl methyl sites for hydroxylation is 1.